The zero-order valence-electron chi connectivity index (χ0n) is 9.39. The average molecular weight is 223 g/mol. The molecule has 3 rings (SSSR count). The van der Waals surface area contributed by atoms with Crippen molar-refractivity contribution >= 4 is 6.41 Å². The molecule has 1 unspecified atom stereocenters. The van der Waals surface area contributed by atoms with Crippen LogP contribution in [-0.4, -0.2) is 6.41 Å². The number of fused-ring (bicyclic) bond motifs is 3. The lowest BCUT2D eigenvalue weighted by molar-refractivity contribution is -0.110. The van der Waals surface area contributed by atoms with Gasteiger partial charge in [0.05, 0.1) is 6.04 Å². The molecule has 0 saturated carbocycles. The van der Waals surface area contributed by atoms with Crippen molar-refractivity contribution in [3.05, 3.63) is 59.7 Å². The molecule has 1 aliphatic rings. The first kappa shape index (κ1) is 10.1. The van der Waals surface area contributed by atoms with E-state index in [-0.39, 0.29) is 6.04 Å². The molecular weight excluding hydrogens is 210 g/mol. The Morgan fingerprint density at radius 3 is 2.53 bits per heavy atom. The van der Waals surface area contributed by atoms with Crippen molar-refractivity contribution in [2.24, 2.45) is 0 Å². The van der Waals surface area contributed by atoms with Gasteiger partial charge in [0.25, 0.3) is 0 Å². The van der Waals surface area contributed by atoms with Gasteiger partial charge in [-0.3, -0.25) is 4.79 Å². The van der Waals surface area contributed by atoms with Crippen LogP contribution in [0.3, 0.4) is 0 Å². The van der Waals surface area contributed by atoms with Crippen LogP contribution in [0, 0.1) is 0 Å². The van der Waals surface area contributed by atoms with E-state index in [0.717, 1.165) is 12.8 Å². The highest BCUT2D eigenvalue weighted by atomic mass is 16.1. The molecule has 1 amide bonds. The number of carbonyl (C=O) groups excluding carboxylic acids is 1. The van der Waals surface area contributed by atoms with Gasteiger partial charge in [0.2, 0.25) is 6.41 Å². The SMILES string of the molecule is O=CNC1Cc2ccccc2-c2ccccc21. The molecule has 0 saturated heterocycles. The molecule has 2 heteroatoms. The van der Waals surface area contributed by atoms with Crippen molar-refractivity contribution in [2.75, 3.05) is 0 Å². The van der Waals surface area contributed by atoms with Gasteiger partial charge in [0, 0.05) is 0 Å². The van der Waals surface area contributed by atoms with Gasteiger partial charge in [-0.15, -0.1) is 0 Å². The molecule has 2 aromatic rings. The van der Waals surface area contributed by atoms with Crippen molar-refractivity contribution in [3.63, 3.8) is 0 Å². The van der Waals surface area contributed by atoms with Crippen LogP contribution in [-0.2, 0) is 11.2 Å². The molecule has 1 atom stereocenters. The molecular formula is C15H13NO. The van der Waals surface area contributed by atoms with E-state index in [1.165, 1.54) is 22.3 Å². The number of carbonyl (C=O) groups is 1. The van der Waals surface area contributed by atoms with Crippen molar-refractivity contribution in [3.8, 4) is 11.1 Å². The normalized spacial score (nSPS) is 16.8. The minimum Gasteiger partial charge on any atom is -0.352 e. The molecule has 1 aliphatic carbocycles. The minimum atomic E-state index is 0.0959. The summed E-state index contributed by atoms with van der Waals surface area (Å²) in [5, 5.41) is 2.90. The first-order valence-electron chi connectivity index (χ1n) is 5.77. The smallest absolute Gasteiger partial charge is 0.207 e. The lowest BCUT2D eigenvalue weighted by atomic mass is 9.83. The average Bonchev–Trinajstić information content (AvgIpc) is 2.39. The van der Waals surface area contributed by atoms with Crippen molar-refractivity contribution in [1.29, 1.82) is 0 Å². The summed E-state index contributed by atoms with van der Waals surface area (Å²) < 4.78 is 0. The summed E-state index contributed by atoms with van der Waals surface area (Å²) in [6.07, 6.45) is 1.65. The van der Waals surface area contributed by atoms with Gasteiger partial charge in [-0.1, -0.05) is 48.5 Å². The summed E-state index contributed by atoms with van der Waals surface area (Å²) in [7, 11) is 0. The van der Waals surface area contributed by atoms with Crippen LogP contribution < -0.4 is 5.32 Å². The fourth-order valence-corrected chi connectivity index (χ4v) is 2.57. The van der Waals surface area contributed by atoms with E-state index in [0.29, 0.717) is 0 Å². The Labute approximate surface area is 100 Å². The Kier molecular flexibility index (Phi) is 2.41. The van der Waals surface area contributed by atoms with Gasteiger partial charge in [-0.2, -0.15) is 0 Å². The predicted octanol–water partition coefficient (Wildman–Crippen LogP) is 2.70. The Balaban J connectivity index is 2.19. The van der Waals surface area contributed by atoms with E-state index in [1.807, 2.05) is 18.2 Å². The first-order valence-corrected chi connectivity index (χ1v) is 5.77. The summed E-state index contributed by atoms with van der Waals surface area (Å²) in [6.45, 7) is 0. The number of hydrogen-bond acceptors (Lipinski definition) is 1. The Morgan fingerprint density at radius 2 is 1.71 bits per heavy atom. The maximum absolute atomic E-state index is 10.7. The highest BCUT2D eigenvalue weighted by molar-refractivity contribution is 5.74. The van der Waals surface area contributed by atoms with E-state index in [2.05, 4.69) is 35.6 Å². The molecule has 0 aliphatic heterocycles. The summed E-state index contributed by atoms with van der Waals surface area (Å²) in [5.74, 6) is 0. The van der Waals surface area contributed by atoms with Crippen LogP contribution in [0.2, 0.25) is 0 Å². The summed E-state index contributed by atoms with van der Waals surface area (Å²) in [5.41, 5.74) is 5.02. The third-order valence-corrected chi connectivity index (χ3v) is 3.34. The molecule has 0 radical (unpaired) electrons. The lowest BCUT2D eigenvalue weighted by Gasteiger charge is -2.27. The summed E-state index contributed by atoms with van der Waals surface area (Å²) in [6, 6.07) is 16.7. The molecule has 0 spiro atoms. The van der Waals surface area contributed by atoms with Crippen LogP contribution in [0.25, 0.3) is 11.1 Å². The Hall–Kier alpha value is -2.09. The lowest BCUT2D eigenvalue weighted by Crippen LogP contribution is -2.25. The minimum absolute atomic E-state index is 0.0959. The fourth-order valence-electron chi connectivity index (χ4n) is 2.57. The van der Waals surface area contributed by atoms with E-state index in [4.69, 9.17) is 0 Å². The number of benzene rings is 2. The van der Waals surface area contributed by atoms with Crippen LogP contribution in [0.5, 0.6) is 0 Å². The largest absolute Gasteiger partial charge is 0.352 e. The summed E-state index contributed by atoms with van der Waals surface area (Å²) in [4.78, 5) is 10.7. The third-order valence-electron chi connectivity index (χ3n) is 3.34. The van der Waals surface area contributed by atoms with E-state index in [1.54, 1.807) is 0 Å². The molecule has 0 heterocycles. The Morgan fingerprint density at radius 1 is 1.00 bits per heavy atom. The molecule has 84 valence electrons. The fraction of sp³-hybridized carbons (Fsp3) is 0.133. The monoisotopic (exact) mass is 223 g/mol. The number of amides is 1. The third kappa shape index (κ3) is 1.62. The van der Waals surface area contributed by atoms with Gasteiger partial charge in [0.15, 0.2) is 0 Å². The van der Waals surface area contributed by atoms with Crippen LogP contribution >= 0.6 is 0 Å². The van der Waals surface area contributed by atoms with Gasteiger partial charge < -0.3 is 5.32 Å². The second-order valence-corrected chi connectivity index (χ2v) is 4.29. The number of nitrogens with one attached hydrogen (secondary N) is 1. The Bertz CT molecular complexity index is 562. The quantitative estimate of drug-likeness (QED) is 0.779. The van der Waals surface area contributed by atoms with Crippen LogP contribution in [0.4, 0.5) is 0 Å². The van der Waals surface area contributed by atoms with E-state index >= 15 is 0 Å². The molecule has 2 nitrogen and oxygen atoms in total. The molecule has 1 N–H and O–H groups in total. The van der Waals surface area contributed by atoms with Crippen molar-refractivity contribution in [1.82, 2.24) is 5.32 Å². The summed E-state index contributed by atoms with van der Waals surface area (Å²) >= 11 is 0. The van der Waals surface area contributed by atoms with Gasteiger partial charge >= 0.3 is 0 Å². The number of rotatable bonds is 2. The second-order valence-electron chi connectivity index (χ2n) is 4.29. The highest BCUT2D eigenvalue weighted by Crippen LogP contribution is 2.37. The van der Waals surface area contributed by atoms with Crippen LogP contribution in [0.15, 0.2) is 48.5 Å². The van der Waals surface area contributed by atoms with Crippen molar-refractivity contribution in [2.45, 2.75) is 12.5 Å². The van der Waals surface area contributed by atoms with E-state index < -0.39 is 0 Å². The zero-order valence-corrected chi connectivity index (χ0v) is 9.39. The van der Waals surface area contributed by atoms with Gasteiger partial charge in [-0.25, -0.2) is 0 Å². The predicted molar refractivity (Wildman–Crippen MR) is 67.5 cm³/mol. The molecule has 17 heavy (non-hydrogen) atoms. The number of hydrogen-bond donors (Lipinski definition) is 1. The highest BCUT2D eigenvalue weighted by Gasteiger charge is 2.23. The van der Waals surface area contributed by atoms with Crippen molar-refractivity contribution < 1.29 is 4.79 Å². The molecule has 0 bridgehead atoms. The van der Waals surface area contributed by atoms with Gasteiger partial charge in [0.1, 0.15) is 0 Å². The maximum Gasteiger partial charge on any atom is 0.207 e. The van der Waals surface area contributed by atoms with E-state index in [9.17, 15) is 4.79 Å². The van der Waals surface area contributed by atoms with Gasteiger partial charge in [-0.05, 0) is 28.7 Å². The second kappa shape index (κ2) is 4.06. The maximum atomic E-state index is 10.7. The molecule has 2 aromatic carbocycles. The molecule has 0 fully saturated rings. The zero-order chi connectivity index (χ0) is 11.7. The first-order chi connectivity index (χ1) is 8.40. The molecule has 0 aromatic heterocycles. The standard InChI is InChI=1S/C15H13NO/c17-10-16-15-9-11-5-1-2-6-12(11)13-7-3-4-8-14(13)15/h1-8,10,15H,9H2,(H,16,17). The topological polar surface area (TPSA) is 29.1 Å². The van der Waals surface area contributed by atoms with Crippen LogP contribution in [0.1, 0.15) is 17.2 Å².